The van der Waals surface area contributed by atoms with E-state index in [1.165, 1.54) is 5.52 Å². The summed E-state index contributed by atoms with van der Waals surface area (Å²) >= 11 is 0. The van der Waals surface area contributed by atoms with Gasteiger partial charge in [-0.05, 0) is 25.5 Å². The molecular formula is C21H31IN8. The molecule has 0 spiro atoms. The highest BCUT2D eigenvalue weighted by Gasteiger charge is 2.06. The monoisotopic (exact) mass is 522 g/mol. The highest BCUT2D eigenvalue weighted by molar-refractivity contribution is 14.0. The average molecular weight is 522 g/mol. The van der Waals surface area contributed by atoms with Gasteiger partial charge in [-0.25, -0.2) is 4.98 Å². The summed E-state index contributed by atoms with van der Waals surface area (Å²) in [6, 6.07) is 8.25. The molecule has 0 amide bonds. The number of halogens is 1. The van der Waals surface area contributed by atoms with E-state index in [0.717, 1.165) is 62.1 Å². The molecule has 0 atom stereocenters. The van der Waals surface area contributed by atoms with Crippen molar-refractivity contribution in [3.63, 3.8) is 0 Å². The molecule has 9 heteroatoms. The number of guanidine groups is 1. The SMILES string of the molecule is C=CCNC(=NCCCn1c(C)nc2ccccc21)NCCn1cnnc1CC.I. The summed E-state index contributed by atoms with van der Waals surface area (Å²) in [5, 5.41) is 14.7. The third-order valence-electron chi connectivity index (χ3n) is 4.73. The van der Waals surface area contributed by atoms with Gasteiger partial charge in [0.25, 0.3) is 0 Å². The van der Waals surface area contributed by atoms with E-state index in [1.807, 2.05) is 12.1 Å². The van der Waals surface area contributed by atoms with Crippen LogP contribution in [0.15, 0.2) is 48.2 Å². The van der Waals surface area contributed by atoms with Crippen molar-refractivity contribution >= 4 is 41.0 Å². The Morgan fingerprint density at radius 1 is 1.23 bits per heavy atom. The van der Waals surface area contributed by atoms with Crippen molar-refractivity contribution in [3.8, 4) is 0 Å². The van der Waals surface area contributed by atoms with Gasteiger partial charge < -0.3 is 19.8 Å². The first-order chi connectivity index (χ1) is 14.2. The Balaban J connectivity index is 0.00000320. The van der Waals surface area contributed by atoms with Gasteiger partial charge in [0, 0.05) is 39.1 Å². The number of rotatable bonds is 10. The Bertz CT molecular complexity index is 959. The van der Waals surface area contributed by atoms with Gasteiger partial charge in [-0.2, -0.15) is 0 Å². The molecule has 0 radical (unpaired) electrons. The molecule has 3 rings (SSSR count). The molecule has 8 nitrogen and oxygen atoms in total. The van der Waals surface area contributed by atoms with Crippen molar-refractivity contribution < 1.29 is 0 Å². The van der Waals surface area contributed by atoms with Crippen LogP contribution >= 0.6 is 24.0 Å². The van der Waals surface area contributed by atoms with Gasteiger partial charge in [-0.3, -0.25) is 4.99 Å². The lowest BCUT2D eigenvalue weighted by atomic mass is 10.3. The molecule has 2 heterocycles. The van der Waals surface area contributed by atoms with E-state index >= 15 is 0 Å². The summed E-state index contributed by atoms with van der Waals surface area (Å²) in [6.45, 7) is 11.7. The van der Waals surface area contributed by atoms with Gasteiger partial charge in [-0.1, -0.05) is 25.1 Å². The van der Waals surface area contributed by atoms with Crippen molar-refractivity contribution in [2.45, 2.75) is 39.8 Å². The second-order valence-corrected chi connectivity index (χ2v) is 6.77. The normalized spacial score (nSPS) is 11.3. The summed E-state index contributed by atoms with van der Waals surface area (Å²) in [4.78, 5) is 9.33. The molecule has 0 saturated carbocycles. The molecule has 0 saturated heterocycles. The number of hydrogen-bond acceptors (Lipinski definition) is 4. The molecule has 2 aromatic heterocycles. The molecule has 3 aromatic rings. The maximum Gasteiger partial charge on any atom is 0.191 e. The van der Waals surface area contributed by atoms with Crippen LogP contribution in [0.2, 0.25) is 0 Å². The highest BCUT2D eigenvalue weighted by atomic mass is 127. The molecule has 1 aromatic carbocycles. The zero-order valence-corrected chi connectivity index (χ0v) is 20.0. The number of aromatic nitrogens is 5. The van der Waals surface area contributed by atoms with E-state index in [-0.39, 0.29) is 24.0 Å². The van der Waals surface area contributed by atoms with Crippen LogP contribution in [0.4, 0.5) is 0 Å². The van der Waals surface area contributed by atoms with E-state index < -0.39 is 0 Å². The van der Waals surface area contributed by atoms with E-state index in [9.17, 15) is 0 Å². The van der Waals surface area contributed by atoms with Gasteiger partial charge in [0.2, 0.25) is 0 Å². The maximum atomic E-state index is 4.70. The van der Waals surface area contributed by atoms with Gasteiger partial charge in [0.05, 0.1) is 11.0 Å². The van der Waals surface area contributed by atoms with E-state index in [2.05, 4.69) is 73.6 Å². The molecule has 0 aliphatic rings. The van der Waals surface area contributed by atoms with Crippen LogP contribution in [0.1, 0.15) is 25.0 Å². The van der Waals surface area contributed by atoms with Crippen LogP contribution in [0.25, 0.3) is 11.0 Å². The van der Waals surface area contributed by atoms with Gasteiger partial charge >= 0.3 is 0 Å². The highest BCUT2D eigenvalue weighted by Crippen LogP contribution is 2.15. The van der Waals surface area contributed by atoms with Crippen LogP contribution in [-0.2, 0) is 19.5 Å². The largest absolute Gasteiger partial charge is 0.355 e. The van der Waals surface area contributed by atoms with Gasteiger partial charge in [-0.15, -0.1) is 40.8 Å². The topological polar surface area (TPSA) is 85.0 Å². The molecule has 0 fully saturated rings. The van der Waals surface area contributed by atoms with Crippen molar-refractivity contribution in [2.24, 2.45) is 4.99 Å². The minimum Gasteiger partial charge on any atom is -0.355 e. The summed E-state index contributed by atoms with van der Waals surface area (Å²) in [6.07, 6.45) is 5.41. The Morgan fingerprint density at radius 2 is 2.07 bits per heavy atom. The van der Waals surface area contributed by atoms with E-state index in [4.69, 9.17) is 4.99 Å². The minimum atomic E-state index is 0. The number of nitrogens with zero attached hydrogens (tertiary/aromatic N) is 6. The van der Waals surface area contributed by atoms with Gasteiger partial charge in [0.15, 0.2) is 5.96 Å². The standard InChI is InChI=1S/C21H30N8.HI/c1-4-11-22-21(24-13-15-28-16-25-27-20(28)5-2)23-12-8-14-29-17(3)26-18-9-6-7-10-19(18)29;/h4,6-7,9-10,16H,1,5,8,11-15H2,2-3H3,(H2,22,23,24);1H. The molecule has 0 aliphatic carbocycles. The number of para-hydroxylation sites is 2. The van der Waals surface area contributed by atoms with E-state index in [1.54, 1.807) is 6.33 Å². The summed E-state index contributed by atoms with van der Waals surface area (Å²) in [5.74, 6) is 2.83. The lowest BCUT2D eigenvalue weighted by Crippen LogP contribution is -2.39. The number of imidazole rings is 1. The number of fused-ring (bicyclic) bond motifs is 1. The van der Waals surface area contributed by atoms with Crippen LogP contribution in [-0.4, -0.2) is 49.9 Å². The fraction of sp³-hybridized carbons (Fsp3) is 0.429. The van der Waals surface area contributed by atoms with Crippen molar-refractivity contribution in [3.05, 3.63) is 54.9 Å². The minimum absolute atomic E-state index is 0. The maximum absolute atomic E-state index is 4.70. The van der Waals surface area contributed by atoms with Crippen molar-refractivity contribution in [2.75, 3.05) is 19.6 Å². The first kappa shape index (κ1) is 23.8. The number of benzene rings is 1. The lowest BCUT2D eigenvalue weighted by Gasteiger charge is -2.12. The van der Waals surface area contributed by atoms with Crippen molar-refractivity contribution in [1.29, 1.82) is 0 Å². The first-order valence-corrected chi connectivity index (χ1v) is 10.1. The number of aryl methyl sites for hydroxylation is 3. The number of nitrogens with one attached hydrogen (secondary N) is 2. The zero-order valence-electron chi connectivity index (χ0n) is 17.7. The van der Waals surface area contributed by atoms with Crippen LogP contribution in [0, 0.1) is 6.92 Å². The molecule has 0 bridgehead atoms. The molecule has 2 N–H and O–H groups in total. The van der Waals surface area contributed by atoms with Crippen molar-refractivity contribution in [1.82, 2.24) is 34.9 Å². The molecular weight excluding hydrogens is 491 g/mol. The second kappa shape index (κ2) is 12.3. The average Bonchev–Trinajstić information content (AvgIpc) is 3.32. The Labute approximate surface area is 194 Å². The summed E-state index contributed by atoms with van der Waals surface area (Å²) in [5.41, 5.74) is 2.22. The molecule has 162 valence electrons. The predicted molar refractivity (Wildman–Crippen MR) is 132 cm³/mol. The number of hydrogen-bond donors (Lipinski definition) is 2. The third-order valence-corrected chi connectivity index (χ3v) is 4.73. The summed E-state index contributed by atoms with van der Waals surface area (Å²) in [7, 11) is 0. The third kappa shape index (κ3) is 6.28. The first-order valence-electron chi connectivity index (χ1n) is 10.1. The predicted octanol–water partition coefficient (Wildman–Crippen LogP) is 2.93. The zero-order chi connectivity index (χ0) is 20.5. The molecule has 30 heavy (non-hydrogen) atoms. The Kier molecular flexibility index (Phi) is 9.78. The molecule has 0 aliphatic heterocycles. The van der Waals surface area contributed by atoms with E-state index in [0.29, 0.717) is 6.54 Å². The Hall–Kier alpha value is -2.43. The smallest absolute Gasteiger partial charge is 0.191 e. The Morgan fingerprint density at radius 3 is 2.87 bits per heavy atom. The second-order valence-electron chi connectivity index (χ2n) is 6.77. The van der Waals surface area contributed by atoms with Crippen LogP contribution in [0.5, 0.6) is 0 Å². The fourth-order valence-corrected chi connectivity index (χ4v) is 3.28. The van der Waals surface area contributed by atoms with Crippen LogP contribution in [0.3, 0.4) is 0 Å². The number of aliphatic imine (C=N–C) groups is 1. The fourth-order valence-electron chi connectivity index (χ4n) is 3.28. The lowest BCUT2D eigenvalue weighted by molar-refractivity contribution is 0.627. The van der Waals surface area contributed by atoms with Gasteiger partial charge in [0.1, 0.15) is 18.0 Å². The quantitative estimate of drug-likeness (QED) is 0.141. The molecule has 0 unspecified atom stereocenters. The van der Waals surface area contributed by atoms with Crippen LogP contribution < -0.4 is 10.6 Å². The summed E-state index contributed by atoms with van der Waals surface area (Å²) < 4.78 is 4.32.